The van der Waals surface area contributed by atoms with Crippen molar-refractivity contribution in [1.82, 2.24) is 4.90 Å². The smallest absolute Gasteiger partial charge is 0.306 e. The van der Waals surface area contributed by atoms with Crippen molar-refractivity contribution in [3.63, 3.8) is 0 Å². The van der Waals surface area contributed by atoms with Gasteiger partial charge in [-0.1, -0.05) is 129 Å². The number of rotatable bonds is 41. The number of hydrogen-bond acceptors (Lipinski definition) is 7. The molecule has 0 aliphatic heterocycles. The van der Waals surface area contributed by atoms with Crippen molar-refractivity contribution >= 4 is 17.9 Å². The minimum atomic E-state index is -0.0867. The number of carbonyl (C=O) groups excluding carboxylic acids is 3. The molecule has 0 spiro atoms. The molecule has 56 heavy (non-hydrogen) atoms. The number of carbonyl (C=O) groups is 3. The number of allylic oxidation sites excluding steroid dienone is 2. The second kappa shape index (κ2) is 41.0. The summed E-state index contributed by atoms with van der Waals surface area (Å²) in [6.07, 6.45) is 37.8. The SMILES string of the molecule is CCCCCC(=CCOC(=O)CCCCCCCC(CCCCCCCC(=O)OCC=C(CCCCC)CCCCC)OC(=O)CCCN(C)C)CCCCC. The molecule has 0 atom stereocenters. The fourth-order valence-electron chi connectivity index (χ4n) is 7.11. The highest BCUT2D eigenvalue weighted by Gasteiger charge is 2.15. The molecule has 328 valence electrons. The van der Waals surface area contributed by atoms with Gasteiger partial charge in [0.25, 0.3) is 0 Å². The molecule has 0 unspecified atom stereocenters. The maximum absolute atomic E-state index is 12.6. The van der Waals surface area contributed by atoms with Crippen molar-refractivity contribution < 1.29 is 28.6 Å². The van der Waals surface area contributed by atoms with Gasteiger partial charge in [0.05, 0.1) is 0 Å². The Hall–Kier alpha value is -2.15. The Morgan fingerprint density at radius 3 is 1.14 bits per heavy atom. The van der Waals surface area contributed by atoms with Gasteiger partial charge in [0.1, 0.15) is 19.3 Å². The first kappa shape index (κ1) is 53.9. The summed E-state index contributed by atoms with van der Waals surface area (Å²) in [5.74, 6) is -0.255. The summed E-state index contributed by atoms with van der Waals surface area (Å²) in [4.78, 5) is 39.4. The third-order valence-corrected chi connectivity index (χ3v) is 10.7. The number of nitrogens with zero attached hydrogens (tertiary/aromatic N) is 1. The van der Waals surface area contributed by atoms with E-state index < -0.39 is 0 Å². The zero-order valence-corrected chi connectivity index (χ0v) is 37.9. The zero-order valence-electron chi connectivity index (χ0n) is 37.9. The Bertz CT molecular complexity index is 901. The van der Waals surface area contributed by atoms with Gasteiger partial charge in [-0.15, -0.1) is 0 Å². The highest BCUT2D eigenvalue weighted by molar-refractivity contribution is 5.70. The second-order valence-corrected chi connectivity index (χ2v) is 16.6. The number of unbranched alkanes of at least 4 members (excludes halogenated alkanes) is 16. The average molecular weight is 790 g/mol. The van der Waals surface area contributed by atoms with Crippen LogP contribution in [0.5, 0.6) is 0 Å². The molecule has 0 radical (unpaired) electrons. The molecule has 0 heterocycles. The van der Waals surface area contributed by atoms with Gasteiger partial charge in [-0.05, 0) is 129 Å². The molecule has 0 fully saturated rings. The molecule has 0 aromatic rings. The van der Waals surface area contributed by atoms with Crippen molar-refractivity contribution in [3.8, 4) is 0 Å². The molecule has 0 saturated carbocycles. The molecule has 0 aliphatic rings. The van der Waals surface area contributed by atoms with E-state index in [0.29, 0.717) is 32.5 Å². The number of hydrogen-bond donors (Lipinski definition) is 0. The normalized spacial score (nSPS) is 11.2. The molecular weight excluding hydrogens is 699 g/mol. The maximum Gasteiger partial charge on any atom is 0.306 e. The second-order valence-electron chi connectivity index (χ2n) is 16.6. The summed E-state index contributed by atoms with van der Waals surface area (Å²) < 4.78 is 17.1. The van der Waals surface area contributed by atoms with Crippen LogP contribution in [0.15, 0.2) is 23.3 Å². The van der Waals surface area contributed by atoms with Crippen LogP contribution in [-0.2, 0) is 28.6 Å². The predicted molar refractivity (Wildman–Crippen MR) is 237 cm³/mol. The van der Waals surface area contributed by atoms with Crippen LogP contribution < -0.4 is 0 Å². The van der Waals surface area contributed by atoms with E-state index in [0.717, 1.165) is 116 Å². The summed E-state index contributed by atoms with van der Waals surface area (Å²) >= 11 is 0. The fraction of sp³-hybridized carbons (Fsp3) is 0.857. The molecule has 0 amide bonds. The Balaban J connectivity index is 4.44. The van der Waals surface area contributed by atoms with Gasteiger partial charge in [-0.2, -0.15) is 0 Å². The first-order chi connectivity index (χ1) is 27.2. The van der Waals surface area contributed by atoms with Gasteiger partial charge in [-0.3, -0.25) is 14.4 Å². The van der Waals surface area contributed by atoms with Gasteiger partial charge < -0.3 is 19.1 Å². The molecule has 0 N–H and O–H groups in total. The molecule has 0 aromatic carbocycles. The number of ether oxygens (including phenoxy) is 3. The first-order valence-corrected chi connectivity index (χ1v) is 23.8. The van der Waals surface area contributed by atoms with Crippen LogP contribution in [0.4, 0.5) is 0 Å². The number of esters is 3. The van der Waals surface area contributed by atoms with Crippen LogP contribution in [-0.4, -0.2) is 62.8 Å². The van der Waals surface area contributed by atoms with Gasteiger partial charge >= 0.3 is 17.9 Å². The summed E-state index contributed by atoms with van der Waals surface area (Å²) in [6.45, 7) is 10.6. The first-order valence-electron chi connectivity index (χ1n) is 23.8. The van der Waals surface area contributed by atoms with Crippen LogP contribution in [0.1, 0.15) is 233 Å². The summed E-state index contributed by atoms with van der Waals surface area (Å²) in [7, 11) is 4.05. The average Bonchev–Trinajstić information content (AvgIpc) is 3.16. The van der Waals surface area contributed by atoms with Crippen molar-refractivity contribution in [2.24, 2.45) is 0 Å². The molecule has 0 aliphatic carbocycles. The highest BCUT2D eigenvalue weighted by atomic mass is 16.5. The zero-order chi connectivity index (χ0) is 41.3. The van der Waals surface area contributed by atoms with Gasteiger partial charge in [0, 0.05) is 19.3 Å². The van der Waals surface area contributed by atoms with Crippen molar-refractivity contribution in [1.29, 1.82) is 0 Å². The molecule has 0 aromatic heterocycles. The minimum absolute atomic E-state index is 0.0319. The van der Waals surface area contributed by atoms with Crippen molar-refractivity contribution in [2.75, 3.05) is 33.9 Å². The van der Waals surface area contributed by atoms with Crippen LogP contribution >= 0.6 is 0 Å². The van der Waals surface area contributed by atoms with Crippen molar-refractivity contribution in [3.05, 3.63) is 23.3 Å². The van der Waals surface area contributed by atoms with Crippen LogP contribution in [0.2, 0.25) is 0 Å². The molecule has 0 saturated heterocycles. The van der Waals surface area contributed by atoms with E-state index in [1.807, 2.05) is 14.1 Å². The quantitative estimate of drug-likeness (QED) is 0.0264. The Morgan fingerprint density at radius 1 is 0.429 bits per heavy atom. The van der Waals surface area contributed by atoms with Gasteiger partial charge in [-0.25, -0.2) is 0 Å². The monoisotopic (exact) mass is 790 g/mol. The lowest BCUT2D eigenvalue weighted by atomic mass is 10.0. The van der Waals surface area contributed by atoms with E-state index in [4.69, 9.17) is 14.2 Å². The lowest BCUT2D eigenvalue weighted by molar-refractivity contribution is -0.150. The molecule has 0 rings (SSSR count). The van der Waals surface area contributed by atoms with Gasteiger partial charge in [0.15, 0.2) is 0 Å². The Labute approximate surface area is 346 Å². The summed E-state index contributed by atoms with van der Waals surface area (Å²) in [6, 6.07) is 0. The molecule has 7 nitrogen and oxygen atoms in total. The van der Waals surface area contributed by atoms with E-state index in [-0.39, 0.29) is 24.0 Å². The molecular formula is C49H91NO6. The lowest BCUT2D eigenvalue weighted by Crippen LogP contribution is -2.20. The maximum atomic E-state index is 12.6. The fourth-order valence-corrected chi connectivity index (χ4v) is 7.11. The van der Waals surface area contributed by atoms with E-state index >= 15 is 0 Å². The molecule has 0 bridgehead atoms. The largest absolute Gasteiger partial charge is 0.462 e. The third kappa shape index (κ3) is 37.4. The van der Waals surface area contributed by atoms with Gasteiger partial charge in [0.2, 0.25) is 0 Å². The van der Waals surface area contributed by atoms with Crippen LogP contribution in [0.25, 0.3) is 0 Å². The predicted octanol–water partition coefficient (Wildman–Crippen LogP) is 14.0. The van der Waals surface area contributed by atoms with Crippen molar-refractivity contribution in [2.45, 2.75) is 239 Å². The standard InChI is InChI=1S/C49H91NO6/c1-7-11-21-30-44(31-22-12-8-2)39-42-54-47(51)36-27-19-15-17-25-34-46(56-49(53)38-29-41-50(5)6)35-26-18-16-20-28-37-48(52)55-43-40-45(32-23-13-9-3)33-24-14-10-4/h39-40,46H,7-38,41-43H2,1-6H3. The highest BCUT2D eigenvalue weighted by Crippen LogP contribution is 2.20. The summed E-state index contributed by atoms with van der Waals surface area (Å²) in [5, 5.41) is 0. The third-order valence-electron chi connectivity index (χ3n) is 10.7. The van der Waals surface area contributed by atoms with E-state index in [2.05, 4.69) is 44.7 Å². The summed E-state index contributed by atoms with van der Waals surface area (Å²) in [5.41, 5.74) is 2.91. The van der Waals surface area contributed by atoms with E-state index in [1.54, 1.807) is 0 Å². The van der Waals surface area contributed by atoms with Crippen LogP contribution in [0.3, 0.4) is 0 Å². The van der Waals surface area contributed by atoms with E-state index in [9.17, 15) is 14.4 Å². The lowest BCUT2D eigenvalue weighted by Gasteiger charge is -2.18. The Kier molecular flexibility index (Phi) is 39.5. The molecule has 7 heteroatoms. The minimum Gasteiger partial charge on any atom is -0.462 e. The topological polar surface area (TPSA) is 82.1 Å². The van der Waals surface area contributed by atoms with E-state index in [1.165, 1.54) is 88.2 Å². The Morgan fingerprint density at radius 2 is 0.768 bits per heavy atom. The van der Waals surface area contributed by atoms with Crippen LogP contribution in [0, 0.1) is 0 Å².